The largest absolute Gasteiger partial charge is 0.483 e. The van der Waals surface area contributed by atoms with Gasteiger partial charge in [0.1, 0.15) is 5.75 Å². The molecule has 0 saturated heterocycles. The third-order valence-electron chi connectivity index (χ3n) is 4.32. The van der Waals surface area contributed by atoms with Crippen LogP contribution < -0.4 is 14.9 Å². The van der Waals surface area contributed by atoms with Crippen LogP contribution in [-0.4, -0.2) is 29.6 Å². The Hall–Kier alpha value is -4.05. The summed E-state index contributed by atoms with van der Waals surface area (Å²) in [4.78, 5) is 35.2. The van der Waals surface area contributed by atoms with Gasteiger partial charge in [0.25, 0.3) is 11.6 Å². The Morgan fingerprint density at radius 1 is 1.12 bits per heavy atom. The quantitative estimate of drug-likeness (QED) is 0.157. The molecule has 1 N–H and O–H groups in total. The number of nitro benzene ring substituents is 1. The van der Waals surface area contributed by atoms with E-state index in [1.54, 1.807) is 42.5 Å². The van der Waals surface area contributed by atoms with Crippen LogP contribution >= 0.6 is 15.9 Å². The summed E-state index contributed by atoms with van der Waals surface area (Å²) < 4.78 is 11.1. The zero-order chi connectivity index (χ0) is 23.8. The molecule has 0 aromatic heterocycles. The van der Waals surface area contributed by atoms with Crippen molar-refractivity contribution in [2.24, 2.45) is 5.10 Å². The number of rotatable bonds is 8. The van der Waals surface area contributed by atoms with Crippen molar-refractivity contribution in [2.45, 2.75) is 6.92 Å². The van der Waals surface area contributed by atoms with Crippen molar-refractivity contribution >= 4 is 39.7 Å². The molecule has 0 aliphatic heterocycles. The van der Waals surface area contributed by atoms with E-state index in [4.69, 9.17) is 9.47 Å². The number of benzene rings is 3. The summed E-state index contributed by atoms with van der Waals surface area (Å²) in [5.41, 5.74) is 3.31. The van der Waals surface area contributed by atoms with Gasteiger partial charge in [-0.3, -0.25) is 14.9 Å². The highest BCUT2D eigenvalue weighted by molar-refractivity contribution is 9.10. The van der Waals surface area contributed by atoms with E-state index in [9.17, 15) is 19.7 Å². The molecular weight excluding hydrogens is 494 g/mol. The standard InChI is InChI=1S/C23H18BrN3O6/c1-15-7-5-6-10-20(15)32-14-21(28)26-25-13-17-11-18(27(30)31)12-19(24)22(17)33-23(29)16-8-3-2-4-9-16/h2-13H,14H2,1H3,(H,26,28)/b25-13+. The van der Waals surface area contributed by atoms with E-state index in [0.29, 0.717) is 11.3 Å². The van der Waals surface area contributed by atoms with Gasteiger partial charge in [0.05, 0.1) is 21.2 Å². The number of nitrogens with zero attached hydrogens (tertiary/aromatic N) is 2. The van der Waals surface area contributed by atoms with Gasteiger partial charge in [0, 0.05) is 17.7 Å². The van der Waals surface area contributed by atoms with Crippen molar-refractivity contribution in [3.63, 3.8) is 0 Å². The summed E-state index contributed by atoms with van der Waals surface area (Å²) in [6.07, 6.45) is 1.15. The van der Waals surface area contributed by atoms with Gasteiger partial charge in [-0.05, 0) is 46.6 Å². The molecule has 0 aliphatic carbocycles. The predicted molar refractivity (Wildman–Crippen MR) is 125 cm³/mol. The van der Waals surface area contributed by atoms with Crippen molar-refractivity contribution in [3.8, 4) is 11.5 Å². The number of hydrogen-bond acceptors (Lipinski definition) is 7. The second-order valence-electron chi connectivity index (χ2n) is 6.71. The van der Waals surface area contributed by atoms with Crippen molar-refractivity contribution in [3.05, 3.63) is 98.0 Å². The third-order valence-corrected chi connectivity index (χ3v) is 4.91. The number of nitro groups is 1. The number of nitrogens with one attached hydrogen (secondary N) is 1. The number of para-hydroxylation sites is 1. The van der Waals surface area contributed by atoms with E-state index < -0.39 is 16.8 Å². The summed E-state index contributed by atoms with van der Waals surface area (Å²) in [5.74, 6) is -0.615. The number of aryl methyl sites for hydroxylation is 1. The van der Waals surface area contributed by atoms with Gasteiger partial charge in [-0.1, -0.05) is 36.4 Å². The molecule has 33 heavy (non-hydrogen) atoms. The monoisotopic (exact) mass is 511 g/mol. The predicted octanol–water partition coefficient (Wildman–Crippen LogP) is 4.41. The molecule has 168 valence electrons. The first kappa shape index (κ1) is 23.6. The minimum Gasteiger partial charge on any atom is -0.483 e. The average Bonchev–Trinajstić information content (AvgIpc) is 2.80. The molecule has 0 aliphatic rings. The van der Waals surface area contributed by atoms with Gasteiger partial charge in [-0.2, -0.15) is 5.10 Å². The van der Waals surface area contributed by atoms with E-state index >= 15 is 0 Å². The highest BCUT2D eigenvalue weighted by Crippen LogP contribution is 2.33. The maximum atomic E-state index is 12.5. The lowest BCUT2D eigenvalue weighted by atomic mass is 10.2. The fraction of sp³-hybridized carbons (Fsp3) is 0.0870. The minimum atomic E-state index is -0.657. The van der Waals surface area contributed by atoms with Crippen molar-refractivity contribution < 1.29 is 24.0 Å². The SMILES string of the molecule is Cc1ccccc1OCC(=O)N/N=C/c1cc([N+](=O)[O-])cc(Br)c1OC(=O)c1ccccc1. The van der Waals surface area contributed by atoms with Gasteiger partial charge in [-0.15, -0.1) is 0 Å². The van der Waals surface area contributed by atoms with E-state index in [1.165, 1.54) is 12.1 Å². The average molecular weight is 512 g/mol. The Morgan fingerprint density at radius 3 is 2.52 bits per heavy atom. The van der Waals surface area contributed by atoms with Crippen molar-refractivity contribution in [1.82, 2.24) is 5.43 Å². The Balaban J connectivity index is 1.75. The van der Waals surface area contributed by atoms with Crippen LogP contribution in [0.2, 0.25) is 0 Å². The van der Waals surface area contributed by atoms with Crippen LogP contribution in [0.4, 0.5) is 5.69 Å². The molecule has 0 fully saturated rings. The molecule has 0 saturated carbocycles. The summed E-state index contributed by atoms with van der Waals surface area (Å²) in [6.45, 7) is 1.57. The van der Waals surface area contributed by atoms with Crippen LogP contribution in [0.5, 0.6) is 11.5 Å². The second-order valence-corrected chi connectivity index (χ2v) is 7.56. The molecule has 3 aromatic rings. The molecule has 1 amide bonds. The number of halogens is 1. The van der Waals surface area contributed by atoms with E-state index in [1.807, 2.05) is 19.1 Å². The number of non-ortho nitro benzene ring substituents is 1. The molecule has 3 aromatic carbocycles. The summed E-state index contributed by atoms with van der Waals surface area (Å²) in [7, 11) is 0. The molecule has 0 spiro atoms. The summed E-state index contributed by atoms with van der Waals surface area (Å²) in [6, 6.07) is 17.9. The zero-order valence-corrected chi connectivity index (χ0v) is 18.9. The van der Waals surface area contributed by atoms with Crippen LogP contribution in [0.1, 0.15) is 21.5 Å². The maximum Gasteiger partial charge on any atom is 0.343 e. The third kappa shape index (κ3) is 6.47. The number of hydrazone groups is 1. The Labute approximate surface area is 197 Å². The fourth-order valence-corrected chi connectivity index (χ4v) is 3.25. The molecule has 0 radical (unpaired) electrons. The van der Waals surface area contributed by atoms with Gasteiger partial charge in [-0.25, -0.2) is 10.2 Å². The first-order valence-electron chi connectivity index (χ1n) is 9.60. The molecular formula is C23H18BrN3O6. The number of carbonyl (C=O) groups is 2. The summed E-state index contributed by atoms with van der Waals surface area (Å²) in [5, 5.41) is 15.1. The lowest BCUT2D eigenvalue weighted by molar-refractivity contribution is -0.385. The molecule has 0 heterocycles. The van der Waals surface area contributed by atoms with Gasteiger partial charge < -0.3 is 9.47 Å². The maximum absolute atomic E-state index is 12.5. The molecule has 0 unspecified atom stereocenters. The Kier molecular flexibility index (Phi) is 7.87. The van der Waals surface area contributed by atoms with E-state index in [-0.39, 0.29) is 28.1 Å². The number of carbonyl (C=O) groups excluding carboxylic acids is 2. The normalized spacial score (nSPS) is 10.6. The van der Waals surface area contributed by atoms with Crippen molar-refractivity contribution in [2.75, 3.05) is 6.61 Å². The van der Waals surface area contributed by atoms with Crippen LogP contribution in [0, 0.1) is 17.0 Å². The molecule has 3 rings (SSSR count). The smallest absolute Gasteiger partial charge is 0.343 e. The lowest BCUT2D eigenvalue weighted by Gasteiger charge is -2.10. The minimum absolute atomic E-state index is 0.0172. The topological polar surface area (TPSA) is 120 Å². The fourth-order valence-electron chi connectivity index (χ4n) is 2.70. The van der Waals surface area contributed by atoms with E-state index in [0.717, 1.165) is 11.8 Å². The van der Waals surface area contributed by atoms with Gasteiger partial charge in [0.15, 0.2) is 12.4 Å². The number of amides is 1. The van der Waals surface area contributed by atoms with Gasteiger partial charge in [0.2, 0.25) is 0 Å². The first-order chi connectivity index (χ1) is 15.8. The van der Waals surface area contributed by atoms with Crippen LogP contribution in [0.25, 0.3) is 0 Å². The number of esters is 1. The van der Waals surface area contributed by atoms with Gasteiger partial charge >= 0.3 is 5.97 Å². The van der Waals surface area contributed by atoms with Crippen LogP contribution in [-0.2, 0) is 4.79 Å². The molecule has 10 heteroatoms. The molecule has 9 nitrogen and oxygen atoms in total. The van der Waals surface area contributed by atoms with E-state index in [2.05, 4.69) is 26.5 Å². The van der Waals surface area contributed by atoms with Crippen LogP contribution in [0.15, 0.2) is 76.3 Å². The molecule has 0 bridgehead atoms. The van der Waals surface area contributed by atoms with Crippen molar-refractivity contribution in [1.29, 1.82) is 0 Å². The zero-order valence-electron chi connectivity index (χ0n) is 17.4. The number of hydrogen-bond donors (Lipinski definition) is 1. The highest BCUT2D eigenvalue weighted by atomic mass is 79.9. The Bertz CT molecular complexity index is 1210. The molecule has 0 atom stereocenters. The Morgan fingerprint density at radius 2 is 1.82 bits per heavy atom. The summed E-state index contributed by atoms with van der Waals surface area (Å²) >= 11 is 3.20. The van der Waals surface area contributed by atoms with Crippen LogP contribution in [0.3, 0.4) is 0 Å². The highest BCUT2D eigenvalue weighted by Gasteiger charge is 2.19. The first-order valence-corrected chi connectivity index (χ1v) is 10.4. The lowest BCUT2D eigenvalue weighted by Crippen LogP contribution is -2.24. The number of ether oxygens (including phenoxy) is 2. The second kappa shape index (κ2) is 11.0.